The van der Waals surface area contributed by atoms with Gasteiger partial charge in [0.2, 0.25) is 0 Å². The molecule has 0 radical (unpaired) electrons. The van der Waals surface area contributed by atoms with E-state index < -0.39 is 103 Å². The van der Waals surface area contributed by atoms with Crippen molar-refractivity contribution in [3.05, 3.63) is 223 Å². The molecule has 0 saturated heterocycles. The van der Waals surface area contributed by atoms with Crippen LogP contribution in [0, 0.1) is 18.8 Å². The van der Waals surface area contributed by atoms with Crippen LogP contribution in [0.5, 0.6) is 11.5 Å². The Hall–Kier alpha value is -7.20. The van der Waals surface area contributed by atoms with Crippen LogP contribution in [0.2, 0.25) is 0 Å². The van der Waals surface area contributed by atoms with Gasteiger partial charge in [-0.25, -0.2) is 4.98 Å². The molecule has 2 aromatic heterocycles. The van der Waals surface area contributed by atoms with Gasteiger partial charge in [-0.05, 0) is 79.7 Å². The number of para-hydroxylation sites is 4. The van der Waals surface area contributed by atoms with Crippen LogP contribution >= 0.6 is 0 Å². The van der Waals surface area contributed by atoms with E-state index in [9.17, 15) is 6.85 Å². The Morgan fingerprint density at radius 1 is 0.620 bits per heavy atom. The maximum absolute atomic E-state index is 9.80. The van der Waals surface area contributed by atoms with Crippen molar-refractivity contribution in [1.82, 2.24) is 9.55 Å². The first-order chi connectivity index (χ1) is 41.6. The average molecular weight is 1120 g/mol. The molecule has 0 amide bonds. The molecular formula is C65H57N4OPt-3. The third kappa shape index (κ3) is 8.98. The number of nitrogens with zero attached hydrogens (tertiary/aromatic N) is 4. The Bertz CT molecular complexity index is 4480. The van der Waals surface area contributed by atoms with Crippen LogP contribution in [0.25, 0.3) is 61.0 Å². The summed E-state index contributed by atoms with van der Waals surface area (Å²) in [4.78, 5) is 8.27. The van der Waals surface area contributed by atoms with Crippen molar-refractivity contribution in [2.45, 2.75) is 72.0 Å². The van der Waals surface area contributed by atoms with Crippen molar-refractivity contribution in [1.29, 1.82) is 0 Å². The predicted molar refractivity (Wildman–Crippen MR) is 292 cm³/mol. The quantitative estimate of drug-likeness (QED) is 0.135. The van der Waals surface area contributed by atoms with Crippen molar-refractivity contribution in [2.75, 3.05) is 9.80 Å². The van der Waals surface area contributed by atoms with E-state index in [1.165, 1.54) is 4.57 Å². The number of anilines is 4. The van der Waals surface area contributed by atoms with Crippen molar-refractivity contribution in [3.8, 4) is 50.7 Å². The average Bonchev–Trinajstić information content (AvgIpc) is 0.964. The monoisotopic (exact) mass is 1120 g/mol. The Morgan fingerprint density at radius 2 is 1.23 bits per heavy atom. The first-order valence-corrected chi connectivity index (χ1v) is 22.7. The van der Waals surface area contributed by atoms with Gasteiger partial charge in [-0.1, -0.05) is 188 Å². The molecule has 5 nitrogen and oxygen atoms in total. The van der Waals surface area contributed by atoms with Crippen LogP contribution in [-0.2, 0) is 31.9 Å². The summed E-state index contributed by atoms with van der Waals surface area (Å²) in [6, 6.07) is 34.0. The summed E-state index contributed by atoms with van der Waals surface area (Å²) in [5.41, 5.74) is 3.62. The summed E-state index contributed by atoms with van der Waals surface area (Å²) < 4.78 is 175. The summed E-state index contributed by atoms with van der Waals surface area (Å²) in [5.74, 6) is -4.00. The number of pyridine rings is 1. The largest absolute Gasteiger partial charge is 0.509 e. The van der Waals surface area contributed by atoms with Gasteiger partial charge in [0, 0.05) is 87.6 Å². The predicted octanol–water partition coefficient (Wildman–Crippen LogP) is 17.7. The minimum Gasteiger partial charge on any atom is -0.509 e. The van der Waals surface area contributed by atoms with Gasteiger partial charge in [-0.15, -0.1) is 48.1 Å². The molecule has 71 heavy (non-hydrogen) atoms. The minimum absolute atomic E-state index is 0. The van der Waals surface area contributed by atoms with Crippen LogP contribution in [0.15, 0.2) is 188 Å². The van der Waals surface area contributed by atoms with E-state index in [-0.39, 0.29) is 66.6 Å². The van der Waals surface area contributed by atoms with Crippen LogP contribution in [0.1, 0.15) is 104 Å². The third-order valence-electron chi connectivity index (χ3n) is 12.4. The molecule has 8 aromatic carbocycles. The van der Waals surface area contributed by atoms with Gasteiger partial charge < -0.3 is 19.1 Å². The first-order valence-electron chi connectivity index (χ1n) is 32.2. The van der Waals surface area contributed by atoms with E-state index in [4.69, 9.17) is 23.9 Å². The summed E-state index contributed by atoms with van der Waals surface area (Å²) in [5, 5.41) is 1.04. The second-order valence-corrected chi connectivity index (χ2v) is 19.1. The molecule has 0 N–H and O–H groups in total. The summed E-state index contributed by atoms with van der Waals surface area (Å²) >= 11 is 0. The summed E-state index contributed by atoms with van der Waals surface area (Å²) in [7, 11) is 0. The normalized spacial score (nSPS) is 17.0. The van der Waals surface area contributed by atoms with Crippen LogP contribution < -0.4 is 14.5 Å². The third-order valence-corrected chi connectivity index (χ3v) is 12.4. The fourth-order valence-electron chi connectivity index (χ4n) is 8.88. The fraction of sp³-hybridized carbons (Fsp3) is 0.169. The van der Waals surface area contributed by atoms with Crippen LogP contribution in [0.4, 0.5) is 22.7 Å². The maximum Gasteiger partial charge on any atom is 0.135 e. The number of hydrogen-bond donors (Lipinski definition) is 0. The molecule has 356 valence electrons. The molecule has 1 aliphatic rings. The van der Waals surface area contributed by atoms with Gasteiger partial charge in [-0.2, -0.15) is 12.1 Å². The Kier molecular flexibility index (Phi) is 7.93. The van der Waals surface area contributed by atoms with Crippen molar-refractivity contribution in [2.24, 2.45) is 0 Å². The molecule has 3 heterocycles. The SMILES string of the molecule is [2H]c1nc(-n2c3[c-]c(Oc4[c-]c(N5[CH-]N(c6c(-c7cc(C(C)(C)C)cc(C(C)(C)C)c7)cccc6-c6c([2H])c([2H])c([2H])c([2H])c6[2H])c6ccccc65)ccc4)ccc3c3ccccc32)c([2H])c(C([2H])(C([2H])([2H])[2H])C([2H])([2H])[2H])c1-c1c([2H])c([2H])c([2H])c([2H])c1[2H].[Pt]. The zero-order valence-electron chi connectivity index (χ0n) is 58.6. The topological polar surface area (TPSA) is 33.5 Å². The zero-order valence-corrected chi connectivity index (χ0v) is 41.8. The molecule has 0 saturated carbocycles. The number of aromatic nitrogens is 2. The van der Waals surface area contributed by atoms with Crippen molar-refractivity contribution >= 4 is 44.6 Å². The minimum atomic E-state index is -3.77. The molecule has 0 spiro atoms. The molecule has 6 heteroatoms. The van der Waals surface area contributed by atoms with E-state index in [0.717, 1.165) is 22.3 Å². The summed E-state index contributed by atoms with van der Waals surface area (Å²) in [6.07, 6.45) is -0.975. The van der Waals surface area contributed by atoms with Crippen molar-refractivity contribution in [3.63, 3.8) is 0 Å². The fourth-order valence-corrected chi connectivity index (χ4v) is 8.88. The van der Waals surface area contributed by atoms with Gasteiger partial charge in [0.05, 0.1) is 16.4 Å². The molecule has 0 fully saturated rings. The second kappa shape index (κ2) is 18.8. The molecule has 0 bridgehead atoms. The van der Waals surface area contributed by atoms with Gasteiger partial charge >= 0.3 is 0 Å². The smallest absolute Gasteiger partial charge is 0.135 e. The van der Waals surface area contributed by atoms with E-state index in [1.807, 2.05) is 58.9 Å². The Balaban J connectivity index is 0.00000891. The molecule has 0 unspecified atom stereocenters. The van der Waals surface area contributed by atoms with Crippen LogP contribution in [-0.4, -0.2) is 9.55 Å². The van der Waals surface area contributed by atoms with Gasteiger partial charge in [0.25, 0.3) is 0 Å². The van der Waals surface area contributed by atoms with Crippen LogP contribution in [0.3, 0.4) is 0 Å². The standard InChI is InChI=1S/C65H57N4O.Pt/c1-43(2)56-40-62(66-41-57(56)45-23-13-10-14-24-45)69-58-30-16-15-27-54(58)55-34-33-51(39-61(55)69)70-50-26-19-25-49(38-50)67-42-68(60-32-18-17-31-59(60)67)63-52(44-21-11-9-12-22-44)28-20-29-53(63)46-35-47(64(3,4)5)37-48(36-46)65(6,7)8;/h9-37,40-43H,1-8H3;/q-3;/i1D3,2D3,9D,10D,11D,12D,13D,14D,21D,22D,23D,24D,40D,41D,43D;. The number of benzene rings is 8. The van der Waals surface area contributed by atoms with E-state index in [1.54, 1.807) is 54.6 Å². The summed E-state index contributed by atoms with van der Waals surface area (Å²) in [6.45, 7) is 7.17. The van der Waals surface area contributed by atoms with E-state index >= 15 is 0 Å². The van der Waals surface area contributed by atoms with Crippen molar-refractivity contribution < 1.29 is 51.8 Å². The number of rotatable bonds is 9. The second-order valence-electron chi connectivity index (χ2n) is 19.1. The Labute approximate surface area is 460 Å². The number of fused-ring (bicyclic) bond motifs is 4. The number of ether oxygens (including phenoxy) is 1. The van der Waals surface area contributed by atoms with Gasteiger partial charge in [0.15, 0.2) is 0 Å². The van der Waals surface area contributed by atoms with Gasteiger partial charge in [0.1, 0.15) is 5.82 Å². The molecule has 10 aromatic rings. The molecular weight excluding hydrogens is 1050 g/mol. The number of hydrogen-bond acceptors (Lipinski definition) is 4. The molecule has 11 rings (SSSR count). The van der Waals surface area contributed by atoms with Gasteiger partial charge in [-0.3, -0.25) is 0 Å². The molecule has 0 atom stereocenters. The first kappa shape index (κ1) is 29.9. The molecule has 0 aliphatic carbocycles. The maximum atomic E-state index is 9.80. The Morgan fingerprint density at radius 3 is 1.90 bits per heavy atom. The molecule has 1 aliphatic heterocycles. The zero-order chi connectivity index (χ0) is 64.7. The van der Waals surface area contributed by atoms with E-state index in [0.29, 0.717) is 44.6 Å². The van der Waals surface area contributed by atoms with E-state index in [2.05, 4.69) is 76.9 Å².